The molecule has 1 saturated heterocycles. The summed E-state index contributed by atoms with van der Waals surface area (Å²) in [6, 6.07) is 0.601. The molecule has 2 N–H and O–H groups in total. The summed E-state index contributed by atoms with van der Waals surface area (Å²) in [5, 5.41) is 6.64. The molecule has 1 fully saturated rings. The van der Waals surface area contributed by atoms with E-state index in [4.69, 9.17) is 0 Å². The van der Waals surface area contributed by atoms with Crippen molar-refractivity contribution in [2.45, 2.75) is 13.0 Å². The molecule has 0 aliphatic carbocycles. The molecule has 0 aromatic heterocycles. The predicted octanol–water partition coefficient (Wildman–Crippen LogP) is -0.228. The highest BCUT2D eigenvalue weighted by Crippen LogP contribution is 1.88. The number of nitrogens with one attached hydrogen (secondary N) is 2. The van der Waals surface area contributed by atoms with Gasteiger partial charge in [0.2, 0.25) is 0 Å². The van der Waals surface area contributed by atoms with Crippen LogP contribution in [0, 0.1) is 6.42 Å². The molecule has 0 spiro atoms. The quantitative estimate of drug-likeness (QED) is 0.491. The zero-order valence-electron chi connectivity index (χ0n) is 5.28. The van der Waals surface area contributed by atoms with Crippen LogP contribution in [-0.4, -0.2) is 25.7 Å². The van der Waals surface area contributed by atoms with Gasteiger partial charge in [0.25, 0.3) is 0 Å². The van der Waals surface area contributed by atoms with Crippen molar-refractivity contribution in [2.75, 3.05) is 19.6 Å². The first-order valence-electron chi connectivity index (χ1n) is 3.17. The van der Waals surface area contributed by atoms with Gasteiger partial charge in [0.1, 0.15) is 0 Å². The summed E-state index contributed by atoms with van der Waals surface area (Å²) in [5.74, 6) is 0. The van der Waals surface area contributed by atoms with Crippen LogP contribution in [0.3, 0.4) is 0 Å². The average molecular weight is 113 g/mol. The van der Waals surface area contributed by atoms with Crippen LogP contribution in [0.4, 0.5) is 0 Å². The van der Waals surface area contributed by atoms with E-state index in [0.29, 0.717) is 6.04 Å². The molecule has 0 aromatic carbocycles. The standard InChI is InChI=1S/C6H13N2/c1-2-6-5-7-3-4-8-6/h2,6-8H,3-5H2,1H3. The van der Waals surface area contributed by atoms with Gasteiger partial charge in [-0.2, -0.15) is 0 Å². The summed E-state index contributed by atoms with van der Waals surface area (Å²) < 4.78 is 0. The lowest BCUT2D eigenvalue weighted by Gasteiger charge is -2.22. The van der Waals surface area contributed by atoms with E-state index in [1.54, 1.807) is 0 Å². The van der Waals surface area contributed by atoms with E-state index in [0.717, 1.165) is 19.6 Å². The maximum Gasteiger partial charge on any atom is 0.0221 e. The number of piperazine rings is 1. The van der Waals surface area contributed by atoms with Gasteiger partial charge >= 0.3 is 0 Å². The van der Waals surface area contributed by atoms with Crippen molar-refractivity contribution in [1.82, 2.24) is 10.6 Å². The minimum Gasteiger partial charge on any atom is -0.314 e. The van der Waals surface area contributed by atoms with Gasteiger partial charge < -0.3 is 10.6 Å². The number of hydrogen-bond donors (Lipinski definition) is 2. The van der Waals surface area contributed by atoms with E-state index < -0.39 is 0 Å². The molecule has 1 heterocycles. The molecule has 1 atom stereocenters. The van der Waals surface area contributed by atoms with Gasteiger partial charge in [-0.1, -0.05) is 6.92 Å². The third-order valence-corrected chi connectivity index (χ3v) is 1.47. The molecule has 8 heavy (non-hydrogen) atoms. The van der Waals surface area contributed by atoms with Crippen LogP contribution in [0.1, 0.15) is 6.92 Å². The predicted molar refractivity (Wildman–Crippen MR) is 34.6 cm³/mol. The zero-order chi connectivity index (χ0) is 5.82. The summed E-state index contributed by atoms with van der Waals surface area (Å²) in [6.45, 7) is 5.40. The number of hydrogen-bond acceptors (Lipinski definition) is 2. The maximum atomic E-state index is 3.35. The van der Waals surface area contributed by atoms with Crippen LogP contribution in [0.2, 0.25) is 0 Å². The second kappa shape index (κ2) is 3.05. The third-order valence-electron chi connectivity index (χ3n) is 1.47. The summed E-state index contributed by atoms with van der Waals surface area (Å²) >= 11 is 0. The Balaban J connectivity index is 2.13. The summed E-state index contributed by atoms with van der Waals surface area (Å²) in [5.41, 5.74) is 0. The van der Waals surface area contributed by atoms with Gasteiger partial charge in [-0.05, 0) is 6.42 Å². The van der Waals surface area contributed by atoms with Gasteiger partial charge in [-0.3, -0.25) is 0 Å². The van der Waals surface area contributed by atoms with Crippen molar-refractivity contribution < 1.29 is 0 Å². The fourth-order valence-electron chi connectivity index (χ4n) is 0.911. The van der Waals surface area contributed by atoms with Crippen LogP contribution in [0.25, 0.3) is 0 Å². The second-order valence-corrected chi connectivity index (χ2v) is 2.10. The van der Waals surface area contributed by atoms with E-state index in [9.17, 15) is 0 Å². The van der Waals surface area contributed by atoms with Gasteiger partial charge in [-0.15, -0.1) is 0 Å². The molecule has 1 unspecified atom stereocenters. The molecule has 0 bridgehead atoms. The SMILES string of the molecule is C[CH]C1CNCCN1. The minimum absolute atomic E-state index is 0.601. The lowest BCUT2D eigenvalue weighted by Crippen LogP contribution is -2.48. The van der Waals surface area contributed by atoms with Crippen molar-refractivity contribution in [3.05, 3.63) is 6.42 Å². The largest absolute Gasteiger partial charge is 0.314 e. The third kappa shape index (κ3) is 1.46. The maximum absolute atomic E-state index is 3.35. The van der Waals surface area contributed by atoms with E-state index in [-0.39, 0.29) is 0 Å². The lowest BCUT2D eigenvalue weighted by atomic mass is 10.2. The molecule has 1 aliphatic heterocycles. The van der Waals surface area contributed by atoms with Gasteiger partial charge in [0.15, 0.2) is 0 Å². The van der Waals surface area contributed by atoms with Crippen molar-refractivity contribution in [1.29, 1.82) is 0 Å². The van der Waals surface area contributed by atoms with E-state index in [1.807, 2.05) is 0 Å². The fraction of sp³-hybridized carbons (Fsp3) is 0.833. The normalized spacial score (nSPS) is 30.4. The molecular formula is C6H13N2. The lowest BCUT2D eigenvalue weighted by molar-refractivity contribution is 0.453. The van der Waals surface area contributed by atoms with Crippen molar-refractivity contribution in [2.24, 2.45) is 0 Å². The topological polar surface area (TPSA) is 24.1 Å². The Morgan fingerprint density at radius 1 is 1.50 bits per heavy atom. The van der Waals surface area contributed by atoms with E-state index in [1.165, 1.54) is 0 Å². The Labute approximate surface area is 50.7 Å². The Hall–Kier alpha value is -0.0800. The van der Waals surface area contributed by atoms with Crippen LogP contribution in [-0.2, 0) is 0 Å². The molecule has 0 aromatic rings. The minimum atomic E-state index is 0.601. The molecule has 0 saturated carbocycles. The molecule has 1 radical (unpaired) electrons. The van der Waals surface area contributed by atoms with Gasteiger partial charge in [0.05, 0.1) is 0 Å². The molecule has 1 aliphatic rings. The first kappa shape index (κ1) is 6.05. The molecule has 47 valence electrons. The monoisotopic (exact) mass is 113 g/mol. The van der Waals surface area contributed by atoms with Crippen molar-refractivity contribution in [3.63, 3.8) is 0 Å². The Morgan fingerprint density at radius 2 is 2.38 bits per heavy atom. The summed E-state index contributed by atoms with van der Waals surface area (Å²) in [6.07, 6.45) is 2.19. The first-order valence-corrected chi connectivity index (χ1v) is 3.17. The van der Waals surface area contributed by atoms with E-state index >= 15 is 0 Å². The highest BCUT2D eigenvalue weighted by atomic mass is 15.0. The summed E-state index contributed by atoms with van der Waals surface area (Å²) in [7, 11) is 0. The highest BCUT2D eigenvalue weighted by Gasteiger charge is 2.07. The molecule has 1 rings (SSSR count). The highest BCUT2D eigenvalue weighted by molar-refractivity contribution is 4.83. The fourth-order valence-corrected chi connectivity index (χ4v) is 0.911. The van der Waals surface area contributed by atoms with Crippen LogP contribution in [0.15, 0.2) is 0 Å². The van der Waals surface area contributed by atoms with Crippen LogP contribution >= 0.6 is 0 Å². The van der Waals surface area contributed by atoms with Crippen LogP contribution in [0.5, 0.6) is 0 Å². The smallest absolute Gasteiger partial charge is 0.0221 e. The zero-order valence-corrected chi connectivity index (χ0v) is 5.28. The second-order valence-electron chi connectivity index (χ2n) is 2.10. The summed E-state index contributed by atoms with van der Waals surface area (Å²) in [4.78, 5) is 0. The Kier molecular flexibility index (Phi) is 2.30. The van der Waals surface area contributed by atoms with Crippen LogP contribution < -0.4 is 10.6 Å². The molecule has 2 heteroatoms. The van der Waals surface area contributed by atoms with E-state index in [2.05, 4.69) is 24.0 Å². The average Bonchev–Trinajstić information content (AvgIpc) is 1.90. The molecular weight excluding hydrogens is 100 g/mol. The molecule has 2 nitrogen and oxygen atoms in total. The molecule has 0 amide bonds. The van der Waals surface area contributed by atoms with Gasteiger partial charge in [0, 0.05) is 25.7 Å². The number of rotatable bonds is 1. The Morgan fingerprint density at radius 3 is 2.75 bits per heavy atom. The van der Waals surface area contributed by atoms with Gasteiger partial charge in [-0.25, -0.2) is 0 Å². The van der Waals surface area contributed by atoms with Crippen molar-refractivity contribution in [3.8, 4) is 0 Å². The van der Waals surface area contributed by atoms with Crippen molar-refractivity contribution >= 4 is 0 Å². The first-order chi connectivity index (χ1) is 3.93. The Bertz CT molecular complexity index is 57.5.